The third kappa shape index (κ3) is 3.72. The van der Waals surface area contributed by atoms with E-state index in [4.69, 9.17) is 0 Å². The van der Waals surface area contributed by atoms with Gasteiger partial charge in [0.05, 0.1) is 11.3 Å². The van der Waals surface area contributed by atoms with Crippen molar-refractivity contribution in [2.24, 2.45) is 0 Å². The molecule has 0 aliphatic carbocycles. The van der Waals surface area contributed by atoms with Gasteiger partial charge in [-0.15, -0.1) is 0 Å². The van der Waals surface area contributed by atoms with Crippen molar-refractivity contribution in [1.29, 1.82) is 0 Å². The van der Waals surface area contributed by atoms with E-state index in [9.17, 15) is 22.8 Å². The maximum Gasteiger partial charge on any atom is 0.264 e. The van der Waals surface area contributed by atoms with Crippen LogP contribution in [0.4, 0.5) is 11.4 Å². The second-order valence-corrected chi connectivity index (χ2v) is 7.42. The third-order valence-corrected chi connectivity index (χ3v) is 5.14. The van der Waals surface area contributed by atoms with Gasteiger partial charge in [0.15, 0.2) is 0 Å². The summed E-state index contributed by atoms with van der Waals surface area (Å²) in [4.78, 5) is 34.5. The second kappa shape index (κ2) is 6.60. The zero-order valence-electron chi connectivity index (χ0n) is 13.7. The van der Waals surface area contributed by atoms with Crippen molar-refractivity contribution < 1.29 is 22.8 Å². The molecular weight excluding hydrogens is 358 g/mol. The smallest absolute Gasteiger partial charge is 0.264 e. The Morgan fingerprint density at radius 2 is 1.77 bits per heavy atom. The van der Waals surface area contributed by atoms with Gasteiger partial charge in [-0.1, -0.05) is 0 Å². The summed E-state index contributed by atoms with van der Waals surface area (Å²) in [7, 11) is -3.92. The summed E-state index contributed by atoms with van der Waals surface area (Å²) in [6.07, 6.45) is 0.228. The van der Waals surface area contributed by atoms with E-state index in [-0.39, 0.29) is 23.1 Å². The van der Waals surface area contributed by atoms with Crippen LogP contribution in [0, 0.1) is 0 Å². The predicted octanol–water partition coefficient (Wildman–Crippen LogP) is 1.26. The Bertz CT molecular complexity index is 1010. The lowest BCUT2D eigenvalue weighted by Crippen LogP contribution is -2.28. The minimum atomic E-state index is -3.92. The van der Waals surface area contributed by atoms with Crippen molar-refractivity contribution in [3.8, 4) is 0 Å². The Kier molecular flexibility index (Phi) is 4.47. The molecule has 2 aromatic rings. The number of fused-ring (bicyclic) bond motifs is 1. The highest BCUT2D eigenvalue weighted by molar-refractivity contribution is 7.90. The summed E-state index contributed by atoms with van der Waals surface area (Å²) >= 11 is 0. The fourth-order valence-corrected chi connectivity index (χ4v) is 3.53. The van der Waals surface area contributed by atoms with Crippen molar-refractivity contribution in [2.75, 3.05) is 10.6 Å². The normalized spacial score (nSPS) is 12.9. The van der Waals surface area contributed by atoms with E-state index in [1.165, 1.54) is 24.3 Å². The summed E-state index contributed by atoms with van der Waals surface area (Å²) in [5.41, 5.74) is 2.22. The van der Waals surface area contributed by atoms with Gasteiger partial charge in [0.1, 0.15) is 0 Å². The highest BCUT2D eigenvalue weighted by Gasteiger charge is 2.19. The maximum atomic E-state index is 12.3. The molecule has 134 valence electrons. The van der Waals surface area contributed by atoms with Gasteiger partial charge in [-0.3, -0.25) is 14.4 Å². The molecule has 0 saturated carbocycles. The summed E-state index contributed by atoms with van der Waals surface area (Å²) in [6.45, 7) is 1.10. The van der Waals surface area contributed by atoms with Gasteiger partial charge in [-0.2, -0.15) is 0 Å². The van der Waals surface area contributed by atoms with Gasteiger partial charge >= 0.3 is 0 Å². The largest absolute Gasteiger partial charge is 0.326 e. The molecule has 9 heteroatoms. The van der Waals surface area contributed by atoms with Gasteiger partial charge in [-0.25, -0.2) is 13.1 Å². The maximum absolute atomic E-state index is 12.3. The average Bonchev–Trinajstić information content (AvgIpc) is 2.93. The van der Waals surface area contributed by atoms with Crippen molar-refractivity contribution in [3.05, 3.63) is 53.6 Å². The monoisotopic (exact) mass is 373 g/mol. The highest BCUT2D eigenvalue weighted by atomic mass is 32.2. The molecule has 0 spiro atoms. The molecule has 2 aromatic carbocycles. The topological polar surface area (TPSA) is 121 Å². The molecule has 0 aromatic heterocycles. The zero-order chi connectivity index (χ0) is 18.9. The van der Waals surface area contributed by atoms with Crippen LogP contribution in [0.2, 0.25) is 0 Å². The summed E-state index contributed by atoms with van der Waals surface area (Å²) in [6, 6.07) is 10.3. The molecule has 3 rings (SSSR count). The number of carbonyl (C=O) groups excluding carboxylic acids is 3. The van der Waals surface area contributed by atoms with E-state index >= 15 is 0 Å². The van der Waals surface area contributed by atoms with Gasteiger partial charge in [0, 0.05) is 23.9 Å². The molecule has 3 N–H and O–H groups in total. The number of nitrogens with one attached hydrogen (secondary N) is 3. The van der Waals surface area contributed by atoms with Crippen molar-refractivity contribution >= 4 is 39.1 Å². The number of rotatable bonds is 4. The first kappa shape index (κ1) is 17.6. The Hall–Kier alpha value is -3.20. The Morgan fingerprint density at radius 3 is 2.42 bits per heavy atom. The van der Waals surface area contributed by atoms with Crippen LogP contribution in [0.25, 0.3) is 0 Å². The number of amides is 3. The van der Waals surface area contributed by atoms with E-state index in [0.29, 0.717) is 16.9 Å². The lowest BCUT2D eigenvalue weighted by Gasteiger charge is -2.08. The van der Waals surface area contributed by atoms with Gasteiger partial charge in [-0.05, 0) is 48.0 Å². The number of hydrogen-bond acceptors (Lipinski definition) is 5. The van der Waals surface area contributed by atoms with E-state index < -0.39 is 15.9 Å². The van der Waals surface area contributed by atoms with Crippen LogP contribution in [0.1, 0.15) is 22.8 Å². The van der Waals surface area contributed by atoms with Gasteiger partial charge < -0.3 is 10.6 Å². The molecule has 1 aliphatic rings. The molecule has 0 atom stereocenters. The van der Waals surface area contributed by atoms with Gasteiger partial charge in [0.2, 0.25) is 11.8 Å². The van der Waals surface area contributed by atoms with Crippen LogP contribution in [-0.2, 0) is 26.0 Å². The van der Waals surface area contributed by atoms with Crippen molar-refractivity contribution in [3.63, 3.8) is 0 Å². The lowest BCUT2D eigenvalue weighted by atomic mass is 10.1. The number of benzene rings is 2. The van der Waals surface area contributed by atoms with Gasteiger partial charge in [0.25, 0.3) is 15.9 Å². The number of sulfonamides is 1. The van der Waals surface area contributed by atoms with E-state index in [1.54, 1.807) is 18.2 Å². The summed E-state index contributed by atoms with van der Waals surface area (Å²) < 4.78 is 25.6. The fourth-order valence-electron chi connectivity index (χ4n) is 2.54. The minimum Gasteiger partial charge on any atom is -0.326 e. The van der Waals surface area contributed by atoms with Crippen LogP contribution < -0.4 is 15.4 Å². The minimum absolute atomic E-state index is 0.0900. The summed E-state index contributed by atoms with van der Waals surface area (Å²) in [5, 5.41) is 5.34. The first-order chi connectivity index (χ1) is 12.2. The molecule has 0 fully saturated rings. The third-order valence-electron chi connectivity index (χ3n) is 3.69. The van der Waals surface area contributed by atoms with E-state index in [2.05, 4.69) is 10.6 Å². The van der Waals surface area contributed by atoms with Crippen LogP contribution in [-0.4, -0.2) is 26.1 Å². The Balaban J connectivity index is 1.73. The second-order valence-electron chi connectivity index (χ2n) is 5.74. The number of carbonyl (C=O) groups is 3. The molecule has 3 amide bonds. The standard InChI is InChI=1S/C17H15N3O5S/c1-10(21)20-26(24,25)14-5-3-13(4-6-14)18-17(23)11-2-7-15-12(8-11)9-16(22)19-15/h2-8H,9H2,1H3,(H,18,23)(H,19,22)(H,20,21). The van der Waals surface area contributed by atoms with Crippen molar-refractivity contribution in [1.82, 2.24) is 4.72 Å². The van der Waals surface area contributed by atoms with E-state index in [1.807, 2.05) is 4.72 Å². The average molecular weight is 373 g/mol. The number of anilines is 2. The lowest BCUT2D eigenvalue weighted by molar-refractivity contribution is -0.117. The molecule has 0 bridgehead atoms. The van der Waals surface area contributed by atoms with Crippen LogP contribution in [0.5, 0.6) is 0 Å². The summed E-state index contributed by atoms with van der Waals surface area (Å²) in [5.74, 6) is -1.19. The molecule has 0 saturated heterocycles. The first-order valence-electron chi connectivity index (χ1n) is 7.62. The molecule has 0 unspecified atom stereocenters. The van der Waals surface area contributed by atoms with Crippen LogP contribution >= 0.6 is 0 Å². The Labute approximate surface area is 149 Å². The zero-order valence-corrected chi connectivity index (χ0v) is 14.5. The first-order valence-corrected chi connectivity index (χ1v) is 9.10. The molecule has 1 heterocycles. The highest BCUT2D eigenvalue weighted by Crippen LogP contribution is 2.24. The fraction of sp³-hybridized carbons (Fsp3) is 0.118. The van der Waals surface area contributed by atoms with Crippen LogP contribution in [0.15, 0.2) is 47.4 Å². The molecule has 26 heavy (non-hydrogen) atoms. The molecule has 1 aliphatic heterocycles. The predicted molar refractivity (Wildman–Crippen MR) is 94.2 cm³/mol. The van der Waals surface area contributed by atoms with Crippen LogP contribution in [0.3, 0.4) is 0 Å². The SMILES string of the molecule is CC(=O)NS(=O)(=O)c1ccc(NC(=O)c2ccc3c(c2)CC(=O)N3)cc1. The number of hydrogen-bond donors (Lipinski definition) is 3. The quantitative estimate of drug-likeness (QED) is 0.745. The molecule has 8 nitrogen and oxygen atoms in total. The molecular formula is C17H15N3O5S. The van der Waals surface area contributed by atoms with Crippen molar-refractivity contribution in [2.45, 2.75) is 18.2 Å². The Morgan fingerprint density at radius 1 is 1.08 bits per heavy atom. The molecule has 0 radical (unpaired) electrons. The van der Waals surface area contributed by atoms with E-state index in [0.717, 1.165) is 12.5 Å².